The molecule has 7 N–H and O–H groups in total. The molecule has 0 radical (unpaired) electrons. The van der Waals surface area contributed by atoms with Crippen molar-refractivity contribution in [2.24, 2.45) is 0 Å². The number of benzene rings is 7. The quantitative estimate of drug-likeness (QED) is 0.0431. The van der Waals surface area contributed by atoms with Crippen LogP contribution in [-0.4, -0.2) is 117 Å². The van der Waals surface area contributed by atoms with E-state index in [0.717, 1.165) is 28.1 Å². The van der Waals surface area contributed by atoms with Gasteiger partial charge < -0.3 is 76.8 Å². The summed E-state index contributed by atoms with van der Waals surface area (Å²) in [5.41, 5.74) is 6.91. The van der Waals surface area contributed by atoms with E-state index in [1.807, 2.05) is 271 Å². The minimum Gasteiger partial charge on any atom is -0.395 e. The van der Waals surface area contributed by atoms with Crippen LogP contribution in [0.4, 0.5) is 11.4 Å². The van der Waals surface area contributed by atoms with Gasteiger partial charge in [0.25, 0.3) is 23.6 Å². The molecule has 3 atom stereocenters. The standard InChI is InChI=1S/C17H20N2O2.C16H17NO2.C15H15NO2.C11H16N2O2.4C3H7.4W/c1-19(2)15-10-8-14(9-11-15)17(21)18-12-16(20)13-6-4-3-5-7-13;1-17(16(19)14-10-6-3-7-11-14)12-15(18)13-8-4-2-5-9-13;17-14(12-7-3-1-4-8-12)11-16-15(18)13-9-5-2-6-10-13;1-13(2)10-5-3-9(4-6-10)11(15)12-7-8-14;4*1-3-2;;;;/h3-11,16,20H,12H2,1-2H3,(H,18,21);2-11,15,18H,12H2,1H3;1-10,14,17H,11H2,(H,16,18);3-6,14H,7-8H2,1-2H3,(H,12,15);4*3H,1-2H3;;;;/q;;;;4*-1;;;;. The van der Waals surface area contributed by atoms with Crippen molar-refractivity contribution in [2.75, 3.05) is 77.8 Å². The molecule has 3 unspecified atom stereocenters. The van der Waals surface area contributed by atoms with E-state index in [0.29, 0.717) is 22.3 Å². The third-order valence-corrected chi connectivity index (χ3v) is 11.0. The molecule has 14 nitrogen and oxygen atoms in total. The third kappa shape index (κ3) is 42.3. The van der Waals surface area contributed by atoms with Gasteiger partial charge in [0.15, 0.2) is 0 Å². The fraction of sp³-hybridized carbons (Fsp3) is 0.296. The van der Waals surface area contributed by atoms with Crippen molar-refractivity contribution in [3.8, 4) is 0 Å². The molecule has 0 heterocycles. The number of amides is 4. The van der Waals surface area contributed by atoms with E-state index >= 15 is 0 Å². The van der Waals surface area contributed by atoms with Crippen LogP contribution in [0.15, 0.2) is 200 Å². The van der Waals surface area contributed by atoms with E-state index in [1.54, 1.807) is 55.6 Å². The third-order valence-electron chi connectivity index (χ3n) is 11.0. The Labute approximate surface area is 591 Å². The number of aliphatic hydroxyl groups is 4. The molecule has 0 spiro atoms. The monoisotopic (exact) mass is 1900 g/mol. The number of hydrogen-bond donors (Lipinski definition) is 7. The molecule has 0 fully saturated rings. The second kappa shape index (κ2) is 59.0. The van der Waals surface area contributed by atoms with Gasteiger partial charge in [-0.05, 0) is 89.5 Å². The van der Waals surface area contributed by atoms with Gasteiger partial charge in [-0.1, -0.05) is 127 Å². The van der Waals surface area contributed by atoms with Crippen LogP contribution in [0.25, 0.3) is 0 Å². The first kappa shape index (κ1) is 92.3. The predicted octanol–water partition coefficient (Wildman–Crippen LogP) is 12.2. The maximum absolute atomic E-state index is 12.1. The summed E-state index contributed by atoms with van der Waals surface area (Å²) in [4.78, 5) is 52.8. The Bertz CT molecular complexity index is 2750. The maximum Gasteiger partial charge on any atom is 0.253 e. The van der Waals surface area contributed by atoms with Gasteiger partial charge in [0, 0.05) is 173 Å². The molecule has 4 amide bonds. The normalized spacial score (nSPS) is 10.2. The molecule has 0 aliphatic heterocycles. The molecule has 0 saturated heterocycles. The zero-order valence-electron chi connectivity index (χ0n) is 54.0. The predicted molar refractivity (Wildman–Crippen MR) is 352 cm³/mol. The Morgan fingerprint density at radius 2 is 0.618 bits per heavy atom. The molecule has 7 rings (SSSR count). The second-order valence-corrected chi connectivity index (χ2v) is 19.3. The topological polar surface area (TPSA) is 195 Å². The van der Waals surface area contributed by atoms with Crippen LogP contribution < -0.4 is 25.8 Å². The molecule has 486 valence electrons. The zero-order valence-corrected chi connectivity index (χ0v) is 65.8. The first-order valence-electron chi connectivity index (χ1n) is 28.3. The van der Waals surface area contributed by atoms with Gasteiger partial charge in [0.1, 0.15) is 0 Å². The Morgan fingerprint density at radius 3 is 0.899 bits per heavy atom. The van der Waals surface area contributed by atoms with Gasteiger partial charge in [-0.2, -0.15) is 55.4 Å². The van der Waals surface area contributed by atoms with Crippen molar-refractivity contribution in [3.05, 3.63) is 265 Å². The first-order chi connectivity index (χ1) is 40.8. The van der Waals surface area contributed by atoms with Gasteiger partial charge in [-0.25, -0.2) is 0 Å². The maximum atomic E-state index is 12.1. The van der Waals surface area contributed by atoms with Crippen LogP contribution in [0.5, 0.6) is 0 Å². The van der Waals surface area contributed by atoms with Crippen LogP contribution in [-0.2, 0) is 84.3 Å². The summed E-state index contributed by atoms with van der Waals surface area (Å²) >= 11 is 0. The van der Waals surface area contributed by atoms with Crippen molar-refractivity contribution in [2.45, 2.75) is 73.7 Å². The smallest absolute Gasteiger partial charge is 0.253 e. The zero-order chi connectivity index (χ0) is 63.8. The molecule has 89 heavy (non-hydrogen) atoms. The molecule has 0 aliphatic rings. The van der Waals surface area contributed by atoms with E-state index < -0.39 is 18.3 Å². The molecule has 0 bridgehead atoms. The number of carbonyl (C=O) groups is 4. The summed E-state index contributed by atoms with van der Waals surface area (Å²) in [6.07, 6.45) is 5.95. The molecule has 0 saturated carbocycles. The van der Waals surface area contributed by atoms with Crippen molar-refractivity contribution in [1.29, 1.82) is 0 Å². The van der Waals surface area contributed by atoms with Crippen LogP contribution in [0, 0.1) is 25.7 Å². The van der Waals surface area contributed by atoms with Crippen molar-refractivity contribution in [3.63, 3.8) is 0 Å². The summed E-state index contributed by atoms with van der Waals surface area (Å²) in [5, 5.41) is 46.6. The van der Waals surface area contributed by atoms with Crippen LogP contribution in [0.1, 0.15) is 132 Å². The number of nitrogens with one attached hydrogen (secondary N) is 3. The molecule has 7 aromatic rings. The minimum atomic E-state index is -0.698. The van der Waals surface area contributed by atoms with E-state index in [2.05, 4.69) is 16.0 Å². The molecule has 0 aliphatic carbocycles. The Morgan fingerprint density at radius 1 is 0.371 bits per heavy atom. The van der Waals surface area contributed by atoms with E-state index in [4.69, 9.17) is 5.11 Å². The Hall–Kier alpha value is -5.39. The summed E-state index contributed by atoms with van der Waals surface area (Å²) in [7, 11) is 9.49. The summed E-state index contributed by atoms with van der Waals surface area (Å²) in [6.45, 7) is 16.9. The first-order valence-corrected chi connectivity index (χ1v) is 28.3. The largest absolute Gasteiger partial charge is 0.395 e. The summed E-state index contributed by atoms with van der Waals surface area (Å²) < 4.78 is 0. The van der Waals surface area contributed by atoms with E-state index in [1.165, 1.54) is 4.90 Å². The molecule has 18 heteroatoms. The van der Waals surface area contributed by atoms with Gasteiger partial charge in [0.2, 0.25) is 0 Å². The average Bonchev–Trinajstić information content (AvgIpc) is 3.59. The Kier molecular flexibility index (Phi) is 61.2. The average molecular weight is 1900 g/mol. The summed E-state index contributed by atoms with van der Waals surface area (Å²) in [5.74, 6) is -0.606. The SMILES string of the molecule is CN(C)c1ccc(C(=O)NCC(O)c2ccccc2)cc1.CN(C)c1ccc(C(=O)NCCO)cc1.CN(CC(O)c1ccccc1)C(=O)c1ccccc1.C[CH-]C.C[CH-]C.C[CH-]C.C[CH-]C.O=C(NCC(O)c1ccccc1)c1ccccc1.[W].[W].[W].[W]. The Balaban J connectivity index is -0.000000328. The van der Waals surface area contributed by atoms with Gasteiger partial charge in [-0.3, -0.25) is 19.2 Å². The van der Waals surface area contributed by atoms with Crippen molar-refractivity contribution in [1.82, 2.24) is 20.9 Å². The van der Waals surface area contributed by atoms with Crippen LogP contribution >= 0.6 is 0 Å². The second-order valence-electron chi connectivity index (χ2n) is 19.3. The van der Waals surface area contributed by atoms with Crippen LogP contribution in [0.2, 0.25) is 0 Å². The number of aliphatic hydroxyl groups excluding tert-OH is 4. The van der Waals surface area contributed by atoms with Crippen molar-refractivity contribution < 1.29 is 124 Å². The van der Waals surface area contributed by atoms with Gasteiger partial charge >= 0.3 is 0 Å². The summed E-state index contributed by atoms with van der Waals surface area (Å²) in [6, 6.07) is 60.6. The number of nitrogens with zero attached hydrogens (tertiary/aromatic N) is 3. The van der Waals surface area contributed by atoms with Gasteiger partial charge in [-0.15, -0.1) is 0 Å². The van der Waals surface area contributed by atoms with Crippen LogP contribution in [0.3, 0.4) is 0 Å². The number of anilines is 2. The molecular formula is C71H96N6O8W4-4. The fourth-order valence-corrected chi connectivity index (χ4v) is 6.78. The van der Waals surface area contributed by atoms with E-state index in [9.17, 15) is 34.5 Å². The number of carbonyl (C=O) groups excluding carboxylic acids is 4. The van der Waals surface area contributed by atoms with E-state index in [-0.39, 0.29) is 141 Å². The minimum absolute atomic E-state index is 0. The number of rotatable bonds is 17. The molecule has 7 aromatic carbocycles. The molecular weight excluding hydrogens is 1800 g/mol. The fourth-order valence-electron chi connectivity index (χ4n) is 6.78. The van der Waals surface area contributed by atoms with Crippen molar-refractivity contribution >= 4 is 35.0 Å². The molecule has 0 aromatic heterocycles. The number of hydrogen-bond acceptors (Lipinski definition) is 10. The van der Waals surface area contributed by atoms with Gasteiger partial charge in [0.05, 0.1) is 31.5 Å². The number of likely N-dealkylation sites (N-methyl/N-ethyl adjacent to an activating group) is 1.